The summed E-state index contributed by atoms with van der Waals surface area (Å²) in [5, 5.41) is 0. The summed E-state index contributed by atoms with van der Waals surface area (Å²) in [5.41, 5.74) is 0.129. The molecule has 0 N–H and O–H groups in total. The van der Waals surface area contributed by atoms with E-state index in [0.717, 1.165) is 22.2 Å². The molecular formula is C17H15BrF3NO2. The highest BCUT2D eigenvalue weighted by Gasteiger charge is 2.30. The lowest BCUT2D eigenvalue weighted by atomic mass is 10.2. The molecule has 24 heavy (non-hydrogen) atoms. The minimum absolute atomic E-state index is 0.00946. The van der Waals surface area contributed by atoms with E-state index in [1.165, 1.54) is 17.0 Å². The van der Waals surface area contributed by atoms with E-state index < -0.39 is 11.7 Å². The number of carbonyl (C=O) groups is 1. The fraction of sp³-hybridized carbons (Fsp3) is 0.235. The molecule has 128 valence electrons. The number of alkyl halides is 3. The number of hydrogen-bond donors (Lipinski definition) is 0. The van der Waals surface area contributed by atoms with E-state index in [9.17, 15) is 18.0 Å². The van der Waals surface area contributed by atoms with Crippen molar-refractivity contribution in [2.75, 3.05) is 13.7 Å². The summed E-state index contributed by atoms with van der Waals surface area (Å²) in [6.45, 7) is 0.0619. The second kappa shape index (κ2) is 7.70. The van der Waals surface area contributed by atoms with E-state index in [2.05, 4.69) is 15.9 Å². The maximum absolute atomic E-state index is 12.6. The predicted molar refractivity (Wildman–Crippen MR) is 87.6 cm³/mol. The van der Waals surface area contributed by atoms with Crippen LogP contribution in [0.4, 0.5) is 13.2 Å². The number of ether oxygens (including phenoxy) is 1. The van der Waals surface area contributed by atoms with Crippen LogP contribution in [0.2, 0.25) is 0 Å². The largest absolute Gasteiger partial charge is 0.484 e. The van der Waals surface area contributed by atoms with Crippen LogP contribution in [-0.4, -0.2) is 24.5 Å². The molecule has 0 fully saturated rings. The van der Waals surface area contributed by atoms with Gasteiger partial charge in [-0.2, -0.15) is 13.2 Å². The molecular weight excluding hydrogens is 387 g/mol. The summed E-state index contributed by atoms with van der Waals surface area (Å²) in [5.74, 6) is -0.314. The Bertz CT molecular complexity index is 702. The van der Waals surface area contributed by atoms with Gasteiger partial charge in [-0.15, -0.1) is 0 Å². The van der Waals surface area contributed by atoms with Crippen LogP contribution in [0, 0.1) is 0 Å². The molecule has 2 rings (SSSR count). The Balaban J connectivity index is 1.91. The maximum atomic E-state index is 12.6. The van der Waals surface area contributed by atoms with E-state index >= 15 is 0 Å². The molecule has 0 unspecified atom stereocenters. The molecule has 0 aliphatic heterocycles. The fourth-order valence-electron chi connectivity index (χ4n) is 1.97. The van der Waals surface area contributed by atoms with Crippen LogP contribution in [0.3, 0.4) is 0 Å². The van der Waals surface area contributed by atoms with Crippen LogP contribution in [0.5, 0.6) is 5.75 Å². The van der Waals surface area contributed by atoms with Crippen LogP contribution in [0.15, 0.2) is 53.0 Å². The first-order valence-corrected chi connectivity index (χ1v) is 7.83. The zero-order valence-corrected chi connectivity index (χ0v) is 14.4. The first-order chi connectivity index (χ1) is 11.3. The lowest BCUT2D eigenvalue weighted by Crippen LogP contribution is -2.30. The van der Waals surface area contributed by atoms with Gasteiger partial charge in [0.25, 0.3) is 5.91 Å². The van der Waals surface area contributed by atoms with Gasteiger partial charge >= 0.3 is 6.18 Å². The van der Waals surface area contributed by atoms with Crippen molar-refractivity contribution in [2.24, 2.45) is 0 Å². The minimum atomic E-state index is -4.44. The van der Waals surface area contributed by atoms with Gasteiger partial charge in [-0.05, 0) is 35.9 Å². The monoisotopic (exact) mass is 401 g/mol. The first-order valence-electron chi connectivity index (χ1n) is 7.04. The number of halogens is 4. The molecule has 0 spiro atoms. The Morgan fingerprint density at radius 3 is 2.46 bits per heavy atom. The Labute approximate surface area is 146 Å². The van der Waals surface area contributed by atoms with Crippen molar-refractivity contribution in [1.82, 2.24) is 4.90 Å². The van der Waals surface area contributed by atoms with Gasteiger partial charge in [-0.25, -0.2) is 0 Å². The van der Waals surface area contributed by atoms with Gasteiger partial charge in [-0.1, -0.05) is 34.1 Å². The Hall–Kier alpha value is -2.02. The van der Waals surface area contributed by atoms with Crippen LogP contribution in [0.25, 0.3) is 0 Å². The third-order valence-corrected chi connectivity index (χ3v) is 3.81. The Kier molecular flexibility index (Phi) is 5.88. The quantitative estimate of drug-likeness (QED) is 0.737. The second-order valence-electron chi connectivity index (χ2n) is 5.19. The van der Waals surface area contributed by atoms with E-state index in [1.54, 1.807) is 7.05 Å². The summed E-state index contributed by atoms with van der Waals surface area (Å²) < 4.78 is 44.0. The highest BCUT2D eigenvalue weighted by Crippen LogP contribution is 2.31. The molecule has 0 saturated heterocycles. The summed E-state index contributed by atoms with van der Waals surface area (Å²) in [7, 11) is 1.61. The normalized spacial score (nSPS) is 11.2. The third-order valence-electron chi connectivity index (χ3n) is 3.28. The summed E-state index contributed by atoms with van der Waals surface area (Å²) in [6, 6.07) is 11.9. The molecule has 0 bridgehead atoms. The van der Waals surface area contributed by atoms with Crippen molar-refractivity contribution >= 4 is 21.8 Å². The van der Waals surface area contributed by atoms with Gasteiger partial charge in [0.1, 0.15) is 5.75 Å². The molecule has 0 aromatic heterocycles. The molecule has 0 radical (unpaired) electrons. The van der Waals surface area contributed by atoms with Crippen molar-refractivity contribution in [3.63, 3.8) is 0 Å². The number of hydrogen-bond acceptors (Lipinski definition) is 2. The van der Waals surface area contributed by atoms with E-state index in [-0.39, 0.29) is 18.3 Å². The van der Waals surface area contributed by atoms with Crippen molar-refractivity contribution in [3.05, 3.63) is 64.1 Å². The van der Waals surface area contributed by atoms with Crippen LogP contribution in [-0.2, 0) is 17.5 Å². The van der Waals surface area contributed by atoms with Crippen LogP contribution < -0.4 is 4.74 Å². The van der Waals surface area contributed by atoms with Crippen molar-refractivity contribution in [2.45, 2.75) is 12.7 Å². The number of rotatable bonds is 5. The summed E-state index contributed by atoms with van der Waals surface area (Å²) in [6.07, 6.45) is -4.44. The number of likely N-dealkylation sites (N-methyl/N-ethyl adjacent to an activating group) is 1. The SMILES string of the molecule is CN(Cc1ccc(Br)cc1)C(=O)COc1cccc(C(F)(F)F)c1. The molecule has 1 amide bonds. The van der Waals surface area contributed by atoms with Crippen molar-refractivity contribution in [3.8, 4) is 5.75 Å². The molecule has 0 aliphatic rings. The van der Waals surface area contributed by atoms with E-state index in [0.29, 0.717) is 6.54 Å². The molecule has 2 aromatic carbocycles. The topological polar surface area (TPSA) is 29.5 Å². The summed E-state index contributed by atoms with van der Waals surface area (Å²) >= 11 is 3.33. The van der Waals surface area contributed by atoms with Crippen molar-refractivity contribution in [1.29, 1.82) is 0 Å². The Morgan fingerprint density at radius 1 is 1.17 bits per heavy atom. The van der Waals surface area contributed by atoms with Crippen molar-refractivity contribution < 1.29 is 22.7 Å². The average Bonchev–Trinajstić information content (AvgIpc) is 2.54. The van der Waals surface area contributed by atoms with Gasteiger partial charge in [-0.3, -0.25) is 4.79 Å². The zero-order chi connectivity index (χ0) is 17.7. The molecule has 0 atom stereocenters. The first kappa shape index (κ1) is 18.3. The maximum Gasteiger partial charge on any atom is 0.416 e. The molecule has 2 aromatic rings. The minimum Gasteiger partial charge on any atom is -0.484 e. The lowest BCUT2D eigenvalue weighted by Gasteiger charge is -2.18. The molecule has 0 saturated carbocycles. The molecule has 0 heterocycles. The smallest absolute Gasteiger partial charge is 0.416 e. The van der Waals surface area contributed by atoms with Crippen LogP contribution in [0.1, 0.15) is 11.1 Å². The molecule has 7 heteroatoms. The highest BCUT2D eigenvalue weighted by atomic mass is 79.9. The molecule has 0 aliphatic carbocycles. The number of nitrogens with zero attached hydrogens (tertiary/aromatic N) is 1. The number of carbonyl (C=O) groups excluding carboxylic acids is 1. The number of amides is 1. The second-order valence-corrected chi connectivity index (χ2v) is 6.11. The number of benzene rings is 2. The van der Waals surface area contributed by atoms with Gasteiger partial charge in [0.05, 0.1) is 5.56 Å². The third kappa shape index (κ3) is 5.26. The van der Waals surface area contributed by atoms with E-state index in [1.807, 2.05) is 24.3 Å². The van der Waals surface area contributed by atoms with Gasteiger partial charge in [0, 0.05) is 18.1 Å². The zero-order valence-electron chi connectivity index (χ0n) is 12.8. The fourth-order valence-corrected chi connectivity index (χ4v) is 2.23. The van der Waals surface area contributed by atoms with Crippen LogP contribution >= 0.6 is 15.9 Å². The van der Waals surface area contributed by atoms with Gasteiger partial charge in [0.2, 0.25) is 0 Å². The average molecular weight is 402 g/mol. The molecule has 3 nitrogen and oxygen atoms in total. The van der Waals surface area contributed by atoms with E-state index in [4.69, 9.17) is 4.74 Å². The summed E-state index contributed by atoms with van der Waals surface area (Å²) in [4.78, 5) is 13.5. The predicted octanol–water partition coefficient (Wildman–Crippen LogP) is 4.51. The van der Waals surface area contributed by atoms with Gasteiger partial charge in [0.15, 0.2) is 6.61 Å². The Morgan fingerprint density at radius 2 is 1.83 bits per heavy atom. The standard InChI is InChI=1S/C17H15BrF3NO2/c1-22(10-12-5-7-14(18)8-6-12)16(23)11-24-15-4-2-3-13(9-15)17(19,20)21/h2-9H,10-11H2,1H3. The van der Waals surface area contributed by atoms with Gasteiger partial charge < -0.3 is 9.64 Å². The lowest BCUT2D eigenvalue weighted by molar-refractivity contribution is -0.137. The highest BCUT2D eigenvalue weighted by molar-refractivity contribution is 9.10.